The van der Waals surface area contributed by atoms with Gasteiger partial charge in [0.2, 0.25) is 0 Å². The number of hydrogen-bond donors (Lipinski definition) is 2. The molecule has 0 aromatic heterocycles. The Hall–Kier alpha value is 0.0200. The van der Waals surface area contributed by atoms with Crippen molar-refractivity contribution in [3.8, 4) is 0 Å². The molecule has 3 nitrogen and oxygen atoms in total. The molecule has 4 heteroatoms. The summed E-state index contributed by atoms with van der Waals surface area (Å²) < 4.78 is 11.0. The molecule has 0 fully saturated rings. The van der Waals surface area contributed by atoms with Crippen molar-refractivity contribution in [1.29, 1.82) is 0 Å². The Morgan fingerprint density at radius 1 is 1.36 bits per heavy atom. The topological polar surface area (TPSA) is 57.5 Å². The largest absolute Gasteiger partial charge is 0.368 e. The van der Waals surface area contributed by atoms with Gasteiger partial charge in [0.15, 0.2) is 12.5 Å². The Balaban J connectivity index is 3.23. The Labute approximate surface area is 68.2 Å². The Morgan fingerprint density at radius 2 is 2.00 bits per heavy atom. The molecule has 0 amide bonds. The van der Waals surface area contributed by atoms with Crippen LogP contribution in [0.3, 0.4) is 0 Å². The predicted molar refractivity (Wildman–Crippen MR) is 45.1 cm³/mol. The summed E-state index contributed by atoms with van der Waals surface area (Å²) in [7, 11) is -1.19. The van der Waals surface area contributed by atoms with Gasteiger partial charge in [-0.15, -0.1) is 0 Å². The Kier molecular flexibility index (Phi) is 6.73. The average Bonchev–Trinajstić information content (AvgIpc) is 1.97. The van der Waals surface area contributed by atoms with Crippen LogP contribution in [0.2, 0.25) is 0 Å². The number of hydrogen-bond acceptors (Lipinski definition) is 3. The van der Waals surface area contributed by atoms with Crippen LogP contribution in [0.1, 0.15) is 26.2 Å². The molecule has 11 heavy (non-hydrogen) atoms. The standard InChI is InChI=1S/C7H16O3P/c1-2-3-5-11(10)6-4-7(8)9/h7-9H,2-6H2,1H3/q+1. The third-order valence-electron chi connectivity index (χ3n) is 1.40. The maximum Gasteiger partial charge on any atom is 0.338 e. The van der Waals surface area contributed by atoms with E-state index in [-0.39, 0.29) is 6.42 Å². The highest BCUT2D eigenvalue weighted by molar-refractivity contribution is 7.44. The van der Waals surface area contributed by atoms with Gasteiger partial charge >= 0.3 is 7.80 Å². The molecule has 0 rings (SSSR count). The predicted octanol–water partition coefficient (Wildman–Crippen LogP) is 1.31. The molecule has 66 valence electrons. The summed E-state index contributed by atoms with van der Waals surface area (Å²) in [4.78, 5) is 0. The lowest BCUT2D eigenvalue weighted by molar-refractivity contribution is -0.0407. The third kappa shape index (κ3) is 7.92. The Morgan fingerprint density at radius 3 is 2.45 bits per heavy atom. The molecule has 1 unspecified atom stereocenters. The van der Waals surface area contributed by atoms with Crippen LogP contribution in [0, 0.1) is 0 Å². The summed E-state index contributed by atoms with van der Waals surface area (Å²) in [5.41, 5.74) is 0. The molecule has 0 aromatic carbocycles. The van der Waals surface area contributed by atoms with Crippen molar-refractivity contribution in [1.82, 2.24) is 0 Å². The summed E-state index contributed by atoms with van der Waals surface area (Å²) in [6.07, 6.45) is 2.11. The first-order valence-corrected chi connectivity index (χ1v) is 5.58. The fourth-order valence-electron chi connectivity index (χ4n) is 0.706. The maximum absolute atomic E-state index is 11.0. The van der Waals surface area contributed by atoms with Gasteiger partial charge < -0.3 is 10.2 Å². The molecule has 0 radical (unpaired) electrons. The minimum atomic E-state index is -1.30. The van der Waals surface area contributed by atoms with E-state index in [4.69, 9.17) is 10.2 Å². The zero-order chi connectivity index (χ0) is 8.69. The van der Waals surface area contributed by atoms with Gasteiger partial charge in [-0.3, -0.25) is 0 Å². The zero-order valence-corrected chi connectivity index (χ0v) is 7.76. The van der Waals surface area contributed by atoms with Crippen molar-refractivity contribution in [3.63, 3.8) is 0 Å². The van der Waals surface area contributed by atoms with E-state index in [9.17, 15) is 4.57 Å². The van der Waals surface area contributed by atoms with E-state index in [1.165, 1.54) is 0 Å². The fraction of sp³-hybridized carbons (Fsp3) is 1.00. The van der Waals surface area contributed by atoms with Crippen molar-refractivity contribution in [3.05, 3.63) is 0 Å². The van der Waals surface area contributed by atoms with Crippen LogP contribution in [0.4, 0.5) is 0 Å². The third-order valence-corrected chi connectivity index (χ3v) is 2.97. The van der Waals surface area contributed by atoms with Crippen molar-refractivity contribution >= 4 is 7.80 Å². The van der Waals surface area contributed by atoms with E-state index >= 15 is 0 Å². The molecule has 0 saturated carbocycles. The van der Waals surface area contributed by atoms with Gasteiger partial charge in [-0.2, -0.15) is 0 Å². The molecular weight excluding hydrogens is 163 g/mol. The quantitative estimate of drug-likeness (QED) is 0.477. The highest BCUT2D eigenvalue weighted by atomic mass is 31.1. The summed E-state index contributed by atoms with van der Waals surface area (Å²) >= 11 is 0. The molecule has 0 saturated heterocycles. The van der Waals surface area contributed by atoms with Gasteiger partial charge in [-0.25, -0.2) is 0 Å². The average molecular weight is 179 g/mol. The van der Waals surface area contributed by atoms with Crippen molar-refractivity contribution in [2.24, 2.45) is 0 Å². The van der Waals surface area contributed by atoms with E-state index in [1.54, 1.807) is 0 Å². The normalized spacial score (nSPS) is 12.2. The minimum Gasteiger partial charge on any atom is -0.368 e. The first-order chi connectivity index (χ1) is 5.16. The van der Waals surface area contributed by atoms with Gasteiger partial charge in [0.1, 0.15) is 6.16 Å². The first-order valence-electron chi connectivity index (χ1n) is 3.95. The van der Waals surface area contributed by atoms with Gasteiger partial charge in [0, 0.05) is 6.42 Å². The van der Waals surface area contributed by atoms with Crippen molar-refractivity contribution in [2.45, 2.75) is 32.5 Å². The lowest BCUT2D eigenvalue weighted by Crippen LogP contribution is -2.05. The number of rotatable bonds is 6. The van der Waals surface area contributed by atoms with Gasteiger partial charge in [0.25, 0.3) is 0 Å². The van der Waals surface area contributed by atoms with Crippen LogP contribution in [-0.4, -0.2) is 28.8 Å². The molecule has 0 spiro atoms. The van der Waals surface area contributed by atoms with Gasteiger partial charge in [-0.1, -0.05) is 17.9 Å². The molecule has 0 aliphatic rings. The molecule has 0 aromatic rings. The Bertz CT molecular complexity index is 114. The molecular formula is C7H16O3P+. The zero-order valence-electron chi connectivity index (χ0n) is 6.86. The SMILES string of the molecule is CCCC[P+](=O)CCC(O)O. The van der Waals surface area contributed by atoms with Crippen LogP contribution >= 0.6 is 7.80 Å². The van der Waals surface area contributed by atoms with E-state index in [0.717, 1.165) is 19.0 Å². The maximum atomic E-state index is 11.0. The van der Waals surface area contributed by atoms with Gasteiger partial charge in [0.05, 0.1) is 0 Å². The molecule has 0 aliphatic heterocycles. The minimum absolute atomic E-state index is 0.235. The smallest absolute Gasteiger partial charge is 0.338 e. The fourth-order valence-corrected chi connectivity index (χ4v) is 2.12. The second kappa shape index (κ2) is 6.71. The second-order valence-corrected chi connectivity index (χ2v) is 4.41. The van der Waals surface area contributed by atoms with Crippen LogP contribution in [0.5, 0.6) is 0 Å². The monoisotopic (exact) mass is 179 g/mol. The van der Waals surface area contributed by atoms with Crippen molar-refractivity contribution < 1.29 is 14.8 Å². The molecule has 0 aliphatic carbocycles. The number of aliphatic hydroxyl groups is 2. The van der Waals surface area contributed by atoms with Gasteiger partial charge in [-0.05, 0) is 6.42 Å². The molecule has 0 heterocycles. The van der Waals surface area contributed by atoms with E-state index in [1.807, 2.05) is 6.92 Å². The van der Waals surface area contributed by atoms with Crippen molar-refractivity contribution in [2.75, 3.05) is 12.3 Å². The molecule has 2 N–H and O–H groups in total. The van der Waals surface area contributed by atoms with Crippen LogP contribution in [0.15, 0.2) is 0 Å². The summed E-state index contributed by atoms with van der Waals surface area (Å²) in [6.45, 7) is 2.05. The lowest BCUT2D eigenvalue weighted by Gasteiger charge is -1.94. The number of aliphatic hydroxyl groups excluding tert-OH is 1. The van der Waals surface area contributed by atoms with Crippen LogP contribution < -0.4 is 0 Å². The van der Waals surface area contributed by atoms with E-state index < -0.39 is 14.1 Å². The van der Waals surface area contributed by atoms with Crippen LogP contribution in [0.25, 0.3) is 0 Å². The molecule has 1 atom stereocenters. The van der Waals surface area contributed by atoms with Crippen LogP contribution in [-0.2, 0) is 4.57 Å². The summed E-state index contributed by atoms with van der Waals surface area (Å²) in [5.74, 6) is 0. The first kappa shape index (κ1) is 11.0. The number of unbranched alkanes of at least 4 members (excludes halogenated alkanes) is 1. The summed E-state index contributed by atoms with van der Waals surface area (Å²) in [6, 6.07) is 0. The second-order valence-electron chi connectivity index (χ2n) is 2.55. The van der Waals surface area contributed by atoms with E-state index in [2.05, 4.69) is 0 Å². The highest BCUT2D eigenvalue weighted by Crippen LogP contribution is 2.23. The molecule has 0 bridgehead atoms. The van der Waals surface area contributed by atoms with E-state index in [0.29, 0.717) is 6.16 Å². The highest BCUT2D eigenvalue weighted by Gasteiger charge is 2.14. The summed E-state index contributed by atoms with van der Waals surface area (Å²) in [5, 5.41) is 16.9. The lowest BCUT2D eigenvalue weighted by atomic mass is 10.4.